The molecule has 7 heteroatoms. The number of hydrogen-bond donors (Lipinski definition) is 1. The summed E-state index contributed by atoms with van der Waals surface area (Å²) in [6, 6.07) is 16.0. The zero-order valence-corrected chi connectivity index (χ0v) is 17.1. The number of halogens is 1. The lowest BCUT2D eigenvalue weighted by Crippen LogP contribution is -2.38. The Kier molecular flexibility index (Phi) is 7.81. The van der Waals surface area contributed by atoms with E-state index in [1.165, 1.54) is 0 Å². The number of hydrogen-bond acceptors (Lipinski definition) is 4. The molecule has 5 nitrogen and oxygen atoms in total. The van der Waals surface area contributed by atoms with Crippen LogP contribution in [0.2, 0.25) is 5.02 Å². The third-order valence-corrected chi connectivity index (χ3v) is 6.09. The fourth-order valence-electron chi connectivity index (χ4n) is 3.05. The Labute approximate surface area is 166 Å². The van der Waals surface area contributed by atoms with E-state index in [2.05, 4.69) is 9.62 Å². The molecule has 27 heavy (non-hydrogen) atoms. The Balaban J connectivity index is 2.18. The van der Waals surface area contributed by atoms with Crippen LogP contribution in [0, 0.1) is 11.3 Å². The molecule has 0 fully saturated rings. The van der Waals surface area contributed by atoms with Crippen LogP contribution in [-0.4, -0.2) is 33.0 Å². The minimum atomic E-state index is -3.55. The summed E-state index contributed by atoms with van der Waals surface area (Å²) in [4.78, 5) is 2.17. The van der Waals surface area contributed by atoms with Crippen LogP contribution in [0.15, 0.2) is 48.5 Å². The summed E-state index contributed by atoms with van der Waals surface area (Å²) in [5.41, 5.74) is 1.93. The van der Waals surface area contributed by atoms with Crippen LogP contribution >= 0.6 is 11.6 Å². The molecule has 0 aliphatic rings. The zero-order chi connectivity index (χ0) is 19.9. The maximum absolute atomic E-state index is 12.6. The largest absolute Gasteiger partial charge is 0.296 e. The highest BCUT2D eigenvalue weighted by atomic mass is 35.5. The molecule has 2 aromatic carbocycles. The highest BCUT2D eigenvalue weighted by Crippen LogP contribution is 2.27. The van der Waals surface area contributed by atoms with Crippen LogP contribution in [0.3, 0.4) is 0 Å². The van der Waals surface area contributed by atoms with Crippen LogP contribution in [-0.2, 0) is 15.8 Å². The van der Waals surface area contributed by atoms with Gasteiger partial charge in [-0.1, -0.05) is 55.8 Å². The van der Waals surface area contributed by atoms with Gasteiger partial charge in [-0.15, -0.1) is 0 Å². The van der Waals surface area contributed by atoms with Crippen molar-refractivity contribution >= 4 is 21.6 Å². The SMILES string of the molecule is CCN(CC)C(CNS(=O)(=O)Cc1cccc(C#N)c1)c1ccccc1Cl. The molecule has 2 aromatic rings. The lowest BCUT2D eigenvalue weighted by atomic mass is 10.1. The third-order valence-electron chi connectivity index (χ3n) is 4.43. The summed E-state index contributed by atoms with van der Waals surface area (Å²) >= 11 is 6.36. The zero-order valence-electron chi connectivity index (χ0n) is 15.5. The topological polar surface area (TPSA) is 73.2 Å². The number of nitrogens with zero attached hydrogens (tertiary/aromatic N) is 2. The van der Waals surface area contributed by atoms with Gasteiger partial charge < -0.3 is 0 Å². The molecule has 144 valence electrons. The molecule has 0 saturated heterocycles. The molecule has 0 radical (unpaired) electrons. The number of benzene rings is 2. The van der Waals surface area contributed by atoms with Gasteiger partial charge in [0.25, 0.3) is 0 Å². The average Bonchev–Trinajstić information content (AvgIpc) is 2.65. The fourth-order valence-corrected chi connectivity index (χ4v) is 4.45. The van der Waals surface area contributed by atoms with E-state index in [0.717, 1.165) is 18.7 Å². The summed E-state index contributed by atoms with van der Waals surface area (Å²) in [6.07, 6.45) is 0. The Hall–Kier alpha value is -1.91. The number of nitrogens with one attached hydrogen (secondary N) is 1. The first-order valence-electron chi connectivity index (χ1n) is 8.85. The van der Waals surface area contributed by atoms with Gasteiger partial charge in [-0.2, -0.15) is 5.26 Å². The van der Waals surface area contributed by atoms with Crippen molar-refractivity contribution in [1.29, 1.82) is 5.26 Å². The Morgan fingerprint density at radius 3 is 2.48 bits per heavy atom. The van der Waals surface area contributed by atoms with Gasteiger partial charge in [-0.05, 0) is 42.4 Å². The van der Waals surface area contributed by atoms with Gasteiger partial charge in [-0.3, -0.25) is 4.90 Å². The molecule has 1 unspecified atom stereocenters. The van der Waals surface area contributed by atoms with E-state index in [0.29, 0.717) is 16.1 Å². The van der Waals surface area contributed by atoms with Crippen molar-refractivity contribution in [2.75, 3.05) is 19.6 Å². The summed E-state index contributed by atoms with van der Waals surface area (Å²) in [7, 11) is -3.55. The number of sulfonamides is 1. The smallest absolute Gasteiger partial charge is 0.215 e. The van der Waals surface area contributed by atoms with Gasteiger partial charge in [0.1, 0.15) is 0 Å². The van der Waals surface area contributed by atoms with E-state index in [1.807, 2.05) is 44.2 Å². The quantitative estimate of drug-likeness (QED) is 0.690. The van der Waals surface area contributed by atoms with E-state index in [1.54, 1.807) is 24.3 Å². The van der Waals surface area contributed by atoms with E-state index >= 15 is 0 Å². The maximum atomic E-state index is 12.6. The van der Waals surface area contributed by atoms with Crippen LogP contribution in [0.25, 0.3) is 0 Å². The predicted molar refractivity (Wildman–Crippen MR) is 109 cm³/mol. The fraction of sp³-hybridized carbons (Fsp3) is 0.350. The van der Waals surface area contributed by atoms with Gasteiger partial charge in [0.15, 0.2) is 0 Å². The number of likely N-dealkylation sites (N-methyl/N-ethyl adjacent to an activating group) is 1. The summed E-state index contributed by atoms with van der Waals surface area (Å²) in [5.74, 6) is -0.171. The molecule has 0 amide bonds. The van der Waals surface area contributed by atoms with Crippen molar-refractivity contribution in [3.05, 3.63) is 70.2 Å². The minimum Gasteiger partial charge on any atom is -0.296 e. The van der Waals surface area contributed by atoms with Crippen LogP contribution < -0.4 is 4.72 Å². The highest BCUT2D eigenvalue weighted by molar-refractivity contribution is 7.88. The Morgan fingerprint density at radius 1 is 1.15 bits per heavy atom. The molecule has 0 heterocycles. The maximum Gasteiger partial charge on any atom is 0.215 e. The summed E-state index contributed by atoms with van der Waals surface area (Å²) in [6.45, 7) is 5.85. The van der Waals surface area contributed by atoms with Crippen LogP contribution in [0.1, 0.15) is 36.6 Å². The molecule has 0 aliphatic carbocycles. The Bertz CT molecular complexity index is 905. The first-order chi connectivity index (χ1) is 12.9. The van der Waals surface area contributed by atoms with E-state index in [9.17, 15) is 8.42 Å². The van der Waals surface area contributed by atoms with E-state index in [-0.39, 0.29) is 18.3 Å². The van der Waals surface area contributed by atoms with Crippen molar-refractivity contribution in [2.45, 2.75) is 25.6 Å². The Morgan fingerprint density at radius 2 is 1.85 bits per heavy atom. The first kappa shape index (κ1) is 21.4. The summed E-state index contributed by atoms with van der Waals surface area (Å²) < 4.78 is 27.9. The first-order valence-corrected chi connectivity index (χ1v) is 10.9. The van der Waals surface area contributed by atoms with Crippen molar-refractivity contribution in [3.8, 4) is 6.07 Å². The predicted octanol–water partition coefficient (Wildman–Crippen LogP) is 3.71. The van der Waals surface area contributed by atoms with Crippen molar-refractivity contribution in [1.82, 2.24) is 9.62 Å². The molecule has 0 saturated carbocycles. The van der Waals surface area contributed by atoms with Gasteiger partial charge in [0.2, 0.25) is 10.0 Å². The highest BCUT2D eigenvalue weighted by Gasteiger charge is 2.23. The second kappa shape index (κ2) is 9.86. The van der Waals surface area contributed by atoms with Crippen LogP contribution in [0.5, 0.6) is 0 Å². The second-order valence-electron chi connectivity index (χ2n) is 6.18. The molecular formula is C20H24ClN3O2S. The molecule has 1 N–H and O–H groups in total. The van der Waals surface area contributed by atoms with E-state index in [4.69, 9.17) is 16.9 Å². The number of rotatable bonds is 9. The van der Waals surface area contributed by atoms with Gasteiger partial charge in [-0.25, -0.2) is 13.1 Å². The molecule has 0 spiro atoms. The lowest BCUT2D eigenvalue weighted by molar-refractivity contribution is 0.220. The summed E-state index contributed by atoms with van der Waals surface area (Å²) in [5, 5.41) is 9.59. The third kappa shape index (κ3) is 6.05. The molecule has 2 rings (SSSR count). The lowest BCUT2D eigenvalue weighted by Gasteiger charge is -2.30. The second-order valence-corrected chi connectivity index (χ2v) is 8.39. The van der Waals surface area contributed by atoms with Crippen molar-refractivity contribution < 1.29 is 8.42 Å². The standard InChI is InChI=1S/C20H24ClN3O2S/c1-3-24(4-2)20(18-10-5-6-11-19(18)21)14-23-27(25,26)15-17-9-7-8-16(12-17)13-22/h5-12,20,23H,3-4,14-15H2,1-2H3. The van der Waals surface area contributed by atoms with Crippen LogP contribution in [0.4, 0.5) is 0 Å². The normalized spacial score (nSPS) is 12.7. The van der Waals surface area contributed by atoms with E-state index < -0.39 is 10.0 Å². The van der Waals surface area contributed by atoms with Crippen molar-refractivity contribution in [3.63, 3.8) is 0 Å². The monoisotopic (exact) mass is 405 g/mol. The number of nitriles is 1. The van der Waals surface area contributed by atoms with Gasteiger partial charge >= 0.3 is 0 Å². The van der Waals surface area contributed by atoms with Gasteiger partial charge in [0, 0.05) is 17.6 Å². The van der Waals surface area contributed by atoms with Gasteiger partial charge in [0.05, 0.1) is 17.4 Å². The molecule has 0 aliphatic heterocycles. The van der Waals surface area contributed by atoms with Crippen molar-refractivity contribution in [2.24, 2.45) is 0 Å². The molecule has 0 aromatic heterocycles. The molecule has 1 atom stereocenters. The molecular weight excluding hydrogens is 382 g/mol. The molecule has 0 bridgehead atoms. The minimum absolute atomic E-state index is 0.158. The average molecular weight is 406 g/mol.